The van der Waals surface area contributed by atoms with Crippen molar-refractivity contribution in [1.82, 2.24) is 0 Å². The van der Waals surface area contributed by atoms with Gasteiger partial charge in [-0.2, -0.15) is 0 Å². The molecule has 0 radical (unpaired) electrons. The second kappa shape index (κ2) is 38.7. The van der Waals surface area contributed by atoms with Gasteiger partial charge in [0, 0.05) is 12.2 Å². The van der Waals surface area contributed by atoms with Gasteiger partial charge in [0.1, 0.15) is 87.4 Å². The summed E-state index contributed by atoms with van der Waals surface area (Å²) in [7, 11) is 0. The number of hydrogen-bond acceptors (Lipinski definition) is 20. The van der Waals surface area contributed by atoms with Gasteiger partial charge < -0.3 is 66.3 Å². The zero-order chi connectivity index (χ0) is 62.6. The molecule has 88 heavy (non-hydrogen) atoms. The Balaban J connectivity index is 0.715. The van der Waals surface area contributed by atoms with E-state index in [9.17, 15) is 28.8 Å². The van der Waals surface area contributed by atoms with Gasteiger partial charge in [0.05, 0.1) is 75.8 Å². The van der Waals surface area contributed by atoms with E-state index in [0.29, 0.717) is 78.5 Å². The van der Waals surface area contributed by atoms with Gasteiger partial charge >= 0.3 is 35.8 Å². The molecule has 2 atom stereocenters. The van der Waals surface area contributed by atoms with Gasteiger partial charge in [0.2, 0.25) is 0 Å². The Labute approximate surface area is 512 Å². The van der Waals surface area contributed by atoms with E-state index in [4.69, 9.17) is 66.3 Å². The molecule has 0 bridgehead atoms. The van der Waals surface area contributed by atoms with E-state index >= 15 is 0 Å². The minimum absolute atomic E-state index is 0.0522. The maximum Gasteiger partial charge on any atom is 0.343 e. The van der Waals surface area contributed by atoms with Gasteiger partial charge in [0.15, 0.2) is 0 Å². The lowest BCUT2D eigenvalue weighted by Gasteiger charge is -2.18. The molecule has 0 N–H and O–H groups in total. The summed E-state index contributed by atoms with van der Waals surface area (Å²) in [4.78, 5) is 73.3. The second-order valence-corrected chi connectivity index (χ2v) is 19.1. The molecule has 466 valence electrons. The first-order chi connectivity index (χ1) is 42.9. The largest absolute Gasteiger partial charge is 0.491 e. The van der Waals surface area contributed by atoms with Crippen LogP contribution in [0.1, 0.15) is 47.4 Å². The van der Waals surface area contributed by atoms with Crippen LogP contribution in [0.5, 0.6) is 34.5 Å². The lowest BCUT2D eigenvalue weighted by atomic mass is 9.94. The number of ether oxygens (including phenoxy) is 14. The van der Waals surface area contributed by atoms with Crippen molar-refractivity contribution in [1.29, 1.82) is 0 Å². The fraction of sp³-hybridized carbons (Fsp3) is 0.324. The third kappa shape index (κ3) is 24.9. The summed E-state index contributed by atoms with van der Waals surface area (Å²) >= 11 is 0. The van der Waals surface area contributed by atoms with Crippen molar-refractivity contribution in [2.24, 2.45) is 11.8 Å². The van der Waals surface area contributed by atoms with E-state index < -0.39 is 47.7 Å². The lowest BCUT2D eigenvalue weighted by molar-refractivity contribution is -0.154. The number of carbonyl (C=O) groups excluding carboxylic acids is 6. The first kappa shape index (κ1) is 67.8. The monoisotopic (exact) mass is 1210 g/mol. The van der Waals surface area contributed by atoms with Gasteiger partial charge in [0.25, 0.3) is 0 Å². The highest BCUT2D eigenvalue weighted by atomic mass is 16.6. The number of hydrogen-bond donors (Lipinski definition) is 0. The smallest absolute Gasteiger partial charge is 0.343 e. The van der Waals surface area contributed by atoms with E-state index in [0.717, 1.165) is 34.4 Å². The standard InChI is InChI=1S/C68H74O20/c1-5-50(66(72)86-43-39-78-35-33-76-37-41-80-60-26-18-56(19-27-60)68(74)88-62-30-14-54(15-31-62)52-10-22-58(23-11-52)82-45-47-84-64(70)7-3)48-49(4)65(71)85-42-38-77-34-32-75-36-40-79-59-24-16-55(17-25-59)67(73)87-61-28-12-53(13-29-61)51-8-20-57(21-9-51)81-44-46-83-63(69)6-2/h6-31,49-50H,2-3,5,32-48H2,1,4H3. The van der Waals surface area contributed by atoms with Gasteiger partial charge in [-0.15, -0.1) is 0 Å². The van der Waals surface area contributed by atoms with E-state index in [-0.39, 0.29) is 85.7 Å². The molecule has 0 aliphatic carbocycles. The normalized spacial score (nSPS) is 11.4. The summed E-state index contributed by atoms with van der Waals surface area (Å²) in [6, 6.07) is 42.3. The summed E-state index contributed by atoms with van der Waals surface area (Å²) in [5, 5.41) is 0. The minimum atomic E-state index is -0.530. The van der Waals surface area contributed by atoms with Crippen molar-refractivity contribution in [3.05, 3.63) is 182 Å². The first-order valence-corrected chi connectivity index (χ1v) is 28.7. The predicted molar refractivity (Wildman–Crippen MR) is 324 cm³/mol. The van der Waals surface area contributed by atoms with Crippen molar-refractivity contribution in [2.75, 3.05) is 106 Å². The molecule has 0 fully saturated rings. The summed E-state index contributed by atoms with van der Waals surface area (Å²) < 4.78 is 76.6. The third-order valence-electron chi connectivity index (χ3n) is 12.8. The van der Waals surface area contributed by atoms with Gasteiger partial charge in [-0.25, -0.2) is 19.2 Å². The molecule has 0 aliphatic heterocycles. The topological polar surface area (TPSA) is 232 Å². The molecule has 0 saturated carbocycles. The van der Waals surface area contributed by atoms with Gasteiger partial charge in [-0.1, -0.05) is 75.5 Å². The summed E-state index contributed by atoms with van der Waals surface area (Å²) in [6.45, 7) is 13.7. The van der Waals surface area contributed by atoms with Crippen molar-refractivity contribution in [3.8, 4) is 56.8 Å². The van der Waals surface area contributed by atoms with Crippen LogP contribution in [0.15, 0.2) is 171 Å². The van der Waals surface area contributed by atoms with E-state index in [1.807, 2.05) is 79.7 Å². The Morgan fingerprint density at radius 3 is 0.955 bits per heavy atom. The van der Waals surface area contributed by atoms with Gasteiger partial charge in [-0.05, 0) is 132 Å². The Hall–Kier alpha value is -9.34. The Morgan fingerprint density at radius 1 is 0.352 bits per heavy atom. The minimum Gasteiger partial charge on any atom is -0.491 e. The highest BCUT2D eigenvalue weighted by molar-refractivity contribution is 5.92. The molecule has 0 spiro atoms. The molecule has 0 aromatic heterocycles. The highest BCUT2D eigenvalue weighted by Crippen LogP contribution is 2.28. The zero-order valence-electron chi connectivity index (χ0n) is 49.5. The van der Waals surface area contributed by atoms with E-state index in [1.54, 1.807) is 79.7 Å². The molecule has 6 aromatic rings. The van der Waals surface area contributed by atoms with Gasteiger partial charge in [-0.3, -0.25) is 9.59 Å². The molecular formula is C68H74O20. The van der Waals surface area contributed by atoms with Crippen LogP contribution in [0.25, 0.3) is 22.3 Å². The fourth-order valence-corrected chi connectivity index (χ4v) is 8.04. The highest BCUT2D eigenvalue weighted by Gasteiger charge is 2.25. The van der Waals surface area contributed by atoms with Crippen LogP contribution in [0.2, 0.25) is 0 Å². The molecule has 2 unspecified atom stereocenters. The van der Waals surface area contributed by atoms with Crippen LogP contribution in [0, 0.1) is 11.8 Å². The van der Waals surface area contributed by atoms with Crippen LogP contribution in [0.4, 0.5) is 0 Å². The fourth-order valence-electron chi connectivity index (χ4n) is 8.04. The molecule has 0 saturated heterocycles. The molecule has 0 amide bonds. The lowest BCUT2D eigenvalue weighted by Crippen LogP contribution is -2.26. The zero-order valence-corrected chi connectivity index (χ0v) is 49.5. The van der Waals surface area contributed by atoms with Crippen molar-refractivity contribution in [3.63, 3.8) is 0 Å². The SMILES string of the molecule is C=CC(=O)OCCOc1ccc(-c2ccc(OC(=O)c3ccc(OCCOCCOCCOC(=O)C(C)CC(CC)C(=O)OCCOCCOCCOc4ccc(C(=O)Oc5ccc(-c6ccc(OCCOC(=O)C=C)cc6)cc5)cc4)cc3)cc2)cc1. The molecule has 20 heteroatoms. The van der Waals surface area contributed by atoms with Crippen LogP contribution in [0.3, 0.4) is 0 Å². The van der Waals surface area contributed by atoms with Crippen molar-refractivity contribution >= 4 is 35.8 Å². The Bertz CT molecular complexity index is 3090. The molecule has 6 aromatic carbocycles. The van der Waals surface area contributed by atoms with Crippen molar-refractivity contribution < 1.29 is 95.1 Å². The Morgan fingerprint density at radius 2 is 0.625 bits per heavy atom. The number of benzene rings is 6. The van der Waals surface area contributed by atoms with Crippen LogP contribution < -0.4 is 28.4 Å². The second-order valence-electron chi connectivity index (χ2n) is 19.1. The summed E-state index contributed by atoms with van der Waals surface area (Å²) in [6.07, 6.45) is 2.96. The summed E-state index contributed by atoms with van der Waals surface area (Å²) in [5.41, 5.74) is 4.43. The average Bonchev–Trinajstić information content (AvgIpc) is 3.42. The third-order valence-corrected chi connectivity index (χ3v) is 12.8. The molecular weight excluding hydrogens is 1140 g/mol. The Kier molecular flexibility index (Phi) is 29.8. The molecule has 0 heterocycles. The quantitative estimate of drug-likeness (QED) is 0.0114. The molecule has 6 rings (SSSR count). The molecule has 20 nitrogen and oxygen atoms in total. The first-order valence-electron chi connectivity index (χ1n) is 28.7. The predicted octanol–water partition coefficient (Wildman–Crippen LogP) is 10.3. The van der Waals surface area contributed by atoms with Crippen LogP contribution >= 0.6 is 0 Å². The number of rotatable bonds is 41. The summed E-state index contributed by atoms with van der Waals surface area (Å²) in [5.74, 6) is -0.718. The van der Waals surface area contributed by atoms with E-state index in [1.165, 1.54) is 0 Å². The molecule has 0 aliphatic rings. The van der Waals surface area contributed by atoms with Crippen LogP contribution in [-0.2, 0) is 57.1 Å². The van der Waals surface area contributed by atoms with E-state index in [2.05, 4.69) is 13.2 Å². The van der Waals surface area contributed by atoms with Crippen molar-refractivity contribution in [2.45, 2.75) is 26.7 Å². The average molecular weight is 1210 g/mol. The number of esters is 6. The van der Waals surface area contributed by atoms with Crippen LogP contribution in [-0.4, -0.2) is 142 Å². The maximum atomic E-state index is 12.8. The number of carbonyl (C=O) groups is 6. The maximum absolute atomic E-state index is 12.8.